The van der Waals surface area contributed by atoms with E-state index in [2.05, 4.69) is 0 Å². The van der Waals surface area contributed by atoms with Gasteiger partial charge in [0.2, 0.25) is 6.17 Å². The van der Waals surface area contributed by atoms with E-state index in [0.717, 1.165) is 0 Å². The van der Waals surface area contributed by atoms with Crippen molar-refractivity contribution < 1.29 is 65.7 Å². The van der Waals surface area contributed by atoms with Crippen molar-refractivity contribution >= 4 is 10.1 Å². The first-order chi connectivity index (χ1) is 9.15. The Hall–Kier alpha value is -0.930. The van der Waals surface area contributed by atoms with Gasteiger partial charge in [0.1, 0.15) is 10.1 Å². The second-order valence-electron chi connectivity index (χ2n) is 3.67. The van der Waals surface area contributed by atoms with E-state index >= 15 is 0 Å². The molecule has 0 spiro atoms. The fraction of sp³-hybridized carbons (Fsp3) is 1.00. The third-order valence-electron chi connectivity index (χ3n) is 2.29. The molecular weight excluding hydrogens is 380 g/mol. The van der Waals surface area contributed by atoms with Crippen LogP contribution in [-0.4, -0.2) is 48.3 Å². The van der Waals surface area contributed by atoms with Crippen LogP contribution < -0.4 is 0 Å². The van der Waals surface area contributed by atoms with E-state index in [1.807, 2.05) is 0 Å². The standard InChI is InChI=1S/C6H2F12O3S/c7-1(3(8,9)6(16,17)18)2(4(10,11)12,5(13,14)15)22(19,20)21/h1H,(H,19,20,21)/p-1. The van der Waals surface area contributed by atoms with Crippen LogP contribution in [0.1, 0.15) is 0 Å². The third-order valence-corrected chi connectivity index (χ3v) is 3.75. The average Bonchev–Trinajstić information content (AvgIpc) is 2.08. The molecule has 3 nitrogen and oxygen atoms in total. The molecule has 1 unspecified atom stereocenters. The smallest absolute Gasteiger partial charge is 0.456 e. The molecule has 0 heterocycles. The van der Waals surface area contributed by atoms with Crippen LogP contribution in [0, 0.1) is 0 Å². The van der Waals surface area contributed by atoms with Crippen molar-refractivity contribution in [2.45, 2.75) is 35.4 Å². The molecule has 0 rings (SSSR count). The number of alkyl halides is 12. The monoisotopic (exact) mass is 381 g/mol. The number of hydrogen-bond donors (Lipinski definition) is 0. The molecule has 0 saturated carbocycles. The van der Waals surface area contributed by atoms with E-state index in [9.17, 15) is 65.7 Å². The summed E-state index contributed by atoms with van der Waals surface area (Å²) in [7, 11) is -8.14. The Morgan fingerprint density at radius 2 is 0.955 bits per heavy atom. The van der Waals surface area contributed by atoms with E-state index in [1.54, 1.807) is 0 Å². The molecule has 16 heteroatoms. The first kappa shape index (κ1) is 21.1. The summed E-state index contributed by atoms with van der Waals surface area (Å²) < 4.78 is 170. The lowest BCUT2D eigenvalue weighted by Gasteiger charge is -2.42. The van der Waals surface area contributed by atoms with Crippen LogP contribution in [0.15, 0.2) is 0 Å². The molecule has 134 valence electrons. The quantitative estimate of drug-likeness (QED) is 0.558. The van der Waals surface area contributed by atoms with Crippen LogP contribution in [0.4, 0.5) is 52.7 Å². The van der Waals surface area contributed by atoms with Crippen LogP contribution >= 0.6 is 0 Å². The summed E-state index contributed by atoms with van der Waals surface area (Å²) in [6.07, 6.45) is -29.2. The Morgan fingerprint density at radius 1 is 0.682 bits per heavy atom. The maximum absolute atomic E-state index is 13.0. The van der Waals surface area contributed by atoms with Gasteiger partial charge in [-0.3, -0.25) is 0 Å². The Kier molecular flexibility index (Phi) is 4.82. The minimum absolute atomic E-state index is 6.51. The Balaban J connectivity index is 6.88. The van der Waals surface area contributed by atoms with Crippen molar-refractivity contribution in [1.29, 1.82) is 0 Å². The van der Waals surface area contributed by atoms with Crippen molar-refractivity contribution in [3.63, 3.8) is 0 Å². The lowest BCUT2D eigenvalue weighted by Crippen LogP contribution is -2.72. The Labute approximate surface area is 112 Å². The van der Waals surface area contributed by atoms with Crippen LogP contribution in [0.2, 0.25) is 0 Å². The molecule has 0 amide bonds. The Morgan fingerprint density at radius 3 is 1.09 bits per heavy atom. The van der Waals surface area contributed by atoms with Gasteiger partial charge in [0.25, 0.3) is 4.75 Å². The van der Waals surface area contributed by atoms with Crippen LogP contribution in [0.25, 0.3) is 0 Å². The fourth-order valence-electron chi connectivity index (χ4n) is 1.26. The highest BCUT2D eigenvalue weighted by Gasteiger charge is 2.86. The zero-order chi connectivity index (χ0) is 18.6. The van der Waals surface area contributed by atoms with Gasteiger partial charge in [-0.25, -0.2) is 12.8 Å². The lowest BCUT2D eigenvalue weighted by molar-refractivity contribution is -0.349. The predicted octanol–water partition coefficient (Wildman–Crippen LogP) is 2.93. The van der Waals surface area contributed by atoms with Gasteiger partial charge in [0, 0.05) is 0 Å². The zero-order valence-electron chi connectivity index (χ0n) is 9.25. The summed E-state index contributed by atoms with van der Waals surface area (Å²) in [6.45, 7) is 0. The molecule has 1 atom stereocenters. The highest BCUT2D eigenvalue weighted by molar-refractivity contribution is 7.87. The molecule has 0 aromatic heterocycles. The van der Waals surface area contributed by atoms with Crippen molar-refractivity contribution in [3.05, 3.63) is 0 Å². The molecule has 0 fully saturated rings. The maximum Gasteiger partial charge on any atom is 0.456 e. The van der Waals surface area contributed by atoms with Gasteiger partial charge >= 0.3 is 24.5 Å². The van der Waals surface area contributed by atoms with Gasteiger partial charge in [-0.1, -0.05) is 0 Å². The normalized spacial score (nSPS) is 17.5. The molecule has 0 aromatic carbocycles. The predicted molar refractivity (Wildman–Crippen MR) is 40.4 cm³/mol. The summed E-state index contributed by atoms with van der Waals surface area (Å²) >= 11 is 0. The molecular formula is C6HF12O3S-. The lowest BCUT2D eigenvalue weighted by atomic mass is 9.95. The topological polar surface area (TPSA) is 57.2 Å². The summed E-state index contributed by atoms with van der Waals surface area (Å²) in [5.74, 6) is -7.43. The van der Waals surface area contributed by atoms with E-state index in [1.165, 1.54) is 0 Å². The molecule has 22 heavy (non-hydrogen) atoms. The second-order valence-corrected chi connectivity index (χ2v) is 5.22. The van der Waals surface area contributed by atoms with Gasteiger partial charge in [-0.15, -0.1) is 0 Å². The molecule has 0 bridgehead atoms. The van der Waals surface area contributed by atoms with E-state index in [0.29, 0.717) is 0 Å². The second kappa shape index (κ2) is 5.04. The Bertz CT molecular complexity index is 496. The molecule has 0 aliphatic carbocycles. The van der Waals surface area contributed by atoms with Crippen molar-refractivity contribution in [3.8, 4) is 0 Å². The van der Waals surface area contributed by atoms with Gasteiger partial charge in [0.05, 0.1) is 0 Å². The zero-order valence-corrected chi connectivity index (χ0v) is 10.1. The number of rotatable bonds is 3. The number of hydrogen-bond acceptors (Lipinski definition) is 3. The molecule has 0 radical (unpaired) electrons. The van der Waals surface area contributed by atoms with Crippen molar-refractivity contribution in [1.82, 2.24) is 0 Å². The van der Waals surface area contributed by atoms with Gasteiger partial charge in [-0.05, 0) is 0 Å². The van der Waals surface area contributed by atoms with Crippen LogP contribution in [0.3, 0.4) is 0 Å². The van der Waals surface area contributed by atoms with Crippen LogP contribution in [-0.2, 0) is 10.1 Å². The van der Waals surface area contributed by atoms with Gasteiger partial charge in [0.15, 0.2) is 0 Å². The summed E-state index contributed by atoms with van der Waals surface area (Å²) in [5.41, 5.74) is 0. The summed E-state index contributed by atoms with van der Waals surface area (Å²) in [6, 6.07) is 0. The van der Waals surface area contributed by atoms with Crippen molar-refractivity contribution in [2.24, 2.45) is 0 Å². The SMILES string of the molecule is O=S(=O)([O-])C(C(F)C(F)(F)C(F)(F)F)(C(F)(F)F)C(F)(F)F. The molecule has 0 N–H and O–H groups in total. The number of halogens is 12. The fourth-order valence-corrected chi connectivity index (χ4v) is 2.23. The largest absolute Gasteiger partial charge is 0.747 e. The highest BCUT2D eigenvalue weighted by Crippen LogP contribution is 2.56. The van der Waals surface area contributed by atoms with Crippen LogP contribution in [0.5, 0.6) is 0 Å². The van der Waals surface area contributed by atoms with E-state index in [4.69, 9.17) is 0 Å². The molecule has 0 saturated heterocycles. The molecule has 0 aliphatic heterocycles. The maximum atomic E-state index is 13.0. The minimum Gasteiger partial charge on any atom is -0.747 e. The minimum atomic E-state index is -8.14. The third kappa shape index (κ3) is 2.81. The van der Waals surface area contributed by atoms with Crippen molar-refractivity contribution in [2.75, 3.05) is 0 Å². The first-order valence-electron chi connectivity index (χ1n) is 4.33. The van der Waals surface area contributed by atoms with E-state index in [-0.39, 0.29) is 0 Å². The summed E-state index contributed by atoms with van der Waals surface area (Å²) in [4.78, 5) is 0. The molecule has 0 aliphatic rings. The highest BCUT2D eigenvalue weighted by atomic mass is 32.2. The molecule has 0 aromatic rings. The first-order valence-corrected chi connectivity index (χ1v) is 5.74. The average molecular weight is 381 g/mol. The summed E-state index contributed by atoms with van der Waals surface area (Å²) in [5, 5.41) is 0. The van der Waals surface area contributed by atoms with Gasteiger partial charge < -0.3 is 4.55 Å². The van der Waals surface area contributed by atoms with E-state index < -0.39 is 45.5 Å². The van der Waals surface area contributed by atoms with Gasteiger partial charge in [-0.2, -0.15) is 48.3 Å².